The Morgan fingerprint density at radius 2 is 2.11 bits per heavy atom. The van der Waals surface area contributed by atoms with Crippen molar-refractivity contribution >= 4 is 23.7 Å². The minimum absolute atomic E-state index is 0.238. The fraction of sp³-hybridized carbons (Fsp3) is 0.818. The van der Waals surface area contributed by atoms with Gasteiger partial charge in [-0.15, -0.1) is 0 Å². The Bertz CT molecular complexity index is 315. The molecule has 1 aliphatic rings. The van der Waals surface area contributed by atoms with Gasteiger partial charge in [0.25, 0.3) is 0 Å². The third-order valence-electron chi connectivity index (χ3n) is 2.22. The van der Waals surface area contributed by atoms with E-state index in [9.17, 15) is 9.59 Å². The second kappa shape index (κ2) is 6.24. The van der Waals surface area contributed by atoms with Crippen molar-refractivity contribution in [2.45, 2.75) is 44.9 Å². The molecule has 104 valence electrons. The lowest BCUT2D eigenvalue weighted by Crippen LogP contribution is -2.46. The van der Waals surface area contributed by atoms with Crippen molar-refractivity contribution in [2.24, 2.45) is 0 Å². The van der Waals surface area contributed by atoms with Crippen LogP contribution >= 0.6 is 11.6 Å². The lowest BCUT2D eigenvalue weighted by atomic mass is 10.1. The monoisotopic (exact) mass is 279 g/mol. The molecule has 6 nitrogen and oxygen atoms in total. The molecule has 1 saturated heterocycles. The molecule has 0 aromatic heterocycles. The first kappa shape index (κ1) is 15.0. The Labute approximate surface area is 111 Å². The van der Waals surface area contributed by atoms with Gasteiger partial charge in [-0.05, 0) is 27.2 Å². The third kappa shape index (κ3) is 4.70. The second-order valence-electron chi connectivity index (χ2n) is 4.91. The van der Waals surface area contributed by atoms with E-state index in [1.165, 1.54) is 0 Å². The smallest absolute Gasteiger partial charge is 0.407 e. The molecular formula is C11H18ClNO5. The van der Waals surface area contributed by atoms with Gasteiger partial charge < -0.3 is 19.5 Å². The van der Waals surface area contributed by atoms with E-state index in [4.69, 9.17) is 21.1 Å². The maximum atomic E-state index is 11.6. The van der Waals surface area contributed by atoms with Crippen LogP contribution in [0.25, 0.3) is 0 Å². The van der Waals surface area contributed by atoms with E-state index in [0.717, 1.165) is 0 Å². The van der Waals surface area contributed by atoms with E-state index in [0.29, 0.717) is 13.0 Å². The largest absolute Gasteiger partial charge is 0.447 e. The second-order valence-corrected chi connectivity index (χ2v) is 5.12. The lowest BCUT2D eigenvalue weighted by Gasteiger charge is -2.23. The quantitative estimate of drug-likeness (QED) is 0.624. The third-order valence-corrected chi connectivity index (χ3v) is 2.33. The number of ether oxygens (including phenoxy) is 3. The molecule has 0 bridgehead atoms. The first-order valence-corrected chi connectivity index (χ1v) is 6.20. The number of amides is 1. The summed E-state index contributed by atoms with van der Waals surface area (Å²) < 4.78 is 15.0. The van der Waals surface area contributed by atoms with Crippen molar-refractivity contribution in [3.8, 4) is 0 Å². The van der Waals surface area contributed by atoms with Crippen molar-refractivity contribution in [3.63, 3.8) is 0 Å². The Hall–Kier alpha value is -1.01. The number of hydrogen-bond donors (Lipinski definition) is 1. The average Bonchev–Trinajstić information content (AvgIpc) is 2.62. The standard InChI is InChI=1S/C11H18ClNO5/c1-11(2,3)18-10(15)13-7-4-5-16-8(7)9(14)17-6-12/h7-8H,4-6H2,1-3H3,(H,13,15)/t7-,8+/m1/s1. The maximum absolute atomic E-state index is 11.6. The van der Waals surface area contributed by atoms with Crippen molar-refractivity contribution < 1.29 is 23.8 Å². The van der Waals surface area contributed by atoms with E-state index in [1.54, 1.807) is 20.8 Å². The van der Waals surface area contributed by atoms with Crippen LogP contribution in [0, 0.1) is 0 Å². The number of carbonyl (C=O) groups is 2. The summed E-state index contributed by atoms with van der Waals surface area (Å²) in [6, 6.07) is -0.687. The minimum atomic E-state index is -0.823. The first-order chi connectivity index (χ1) is 8.33. The molecule has 2 atom stereocenters. The van der Waals surface area contributed by atoms with Gasteiger partial charge in [-0.25, -0.2) is 9.59 Å². The molecule has 1 N–H and O–H groups in total. The summed E-state index contributed by atoms with van der Waals surface area (Å²) >= 11 is 5.30. The van der Waals surface area contributed by atoms with Gasteiger partial charge in [-0.1, -0.05) is 11.6 Å². The normalized spacial score (nSPS) is 23.6. The molecule has 18 heavy (non-hydrogen) atoms. The molecule has 1 aliphatic heterocycles. The number of hydrogen-bond acceptors (Lipinski definition) is 5. The molecule has 0 aromatic carbocycles. The van der Waals surface area contributed by atoms with Crippen LogP contribution in [-0.2, 0) is 19.0 Å². The summed E-state index contributed by atoms with van der Waals surface area (Å²) in [4.78, 5) is 23.1. The highest BCUT2D eigenvalue weighted by atomic mass is 35.5. The molecule has 0 saturated carbocycles. The van der Waals surface area contributed by atoms with Crippen molar-refractivity contribution in [2.75, 3.05) is 12.7 Å². The number of esters is 1. The zero-order chi connectivity index (χ0) is 13.8. The molecule has 0 radical (unpaired) electrons. The Morgan fingerprint density at radius 3 is 2.67 bits per heavy atom. The SMILES string of the molecule is CC(C)(C)OC(=O)N[C@@H]1CCO[C@@H]1C(=O)OCCl. The minimum Gasteiger partial charge on any atom is -0.447 e. The maximum Gasteiger partial charge on any atom is 0.407 e. The topological polar surface area (TPSA) is 73.9 Å². The average molecular weight is 280 g/mol. The molecule has 0 unspecified atom stereocenters. The van der Waals surface area contributed by atoms with Crippen LogP contribution < -0.4 is 5.32 Å². The van der Waals surface area contributed by atoms with Crippen molar-refractivity contribution in [1.29, 1.82) is 0 Å². The number of nitrogens with one attached hydrogen (secondary N) is 1. The number of rotatable bonds is 3. The van der Waals surface area contributed by atoms with Gasteiger partial charge in [0, 0.05) is 6.61 Å². The molecule has 0 aliphatic carbocycles. The summed E-state index contributed by atoms with van der Waals surface area (Å²) in [5, 5.41) is 2.59. The van der Waals surface area contributed by atoms with E-state index in [-0.39, 0.29) is 6.07 Å². The lowest BCUT2D eigenvalue weighted by molar-refractivity contribution is -0.152. The summed E-state index contributed by atoms with van der Waals surface area (Å²) in [5.41, 5.74) is -0.588. The van der Waals surface area contributed by atoms with Crippen LogP contribution in [0.2, 0.25) is 0 Å². The number of alkyl halides is 1. The highest BCUT2D eigenvalue weighted by molar-refractivity contribution is 6.17. The van der Waals surface area contributed by atoms with E-state index in [2.05, 4.69) is 10.1 Å². The predicted octanol–water partition coefficient (Wildman–Crippen LogP) is 1.41. The fourth-order valence-corrected chi connectivity index (χ4v) is 1.67. The van der Waals surface area contributed by atoms with Crippen LogP contribution in [0.1, 0.15) is 27.2 Å². The molecule has 1 amide bonds. The number of carbonyl (C=O) groups excluding carboxylic acids is 2. The van der Waals surface area contributed by atoms with Crippen molar-refractivity contribution in [3.05, 3.63) is 0 Å². The molecule has 0 spiro atoms. The zero-order valence-electron chi connectivity index (χ0n) is 10.7. The van der Waals surface area contributed by atoms with E-state index < -0.39 is 29.8 Å². The van der Waals surface area contributed by atoms with Crippen LogP contribution in [-0.4, -0.2) is 42.5 Å². The van der Waals surface area contributed by atoms with Crippen LogP contribution in [0.4, 0.5) is 4.79 Å². The molecule has 0 aromatic rings. The summed E-state index contributed by atoms with van der Waals surface area (Å²) in [6.07, 6.45) is -0.876. The molecule has 1 heterocycles. The van der Waals surface area contributed by atoms with Gasteiger partial charge in [0.15, 0.2) is 12.2 Å². The summed E-state index contributed by atoms with van der Waals surface area (Å²) in [6.45, 7) is 5.66. The molecular weight excluding hydrogens is 262 g/mol. The number of halogens is 1. The Kier molecular flexibility index (Phi) is 5.22. The van der Waals surface area contributed by atoms with Crippen LogP contribution in [0.5, 0.6) is 0 Å². The van der Waals surface area contributed by atoms with Gasteiger partial charge in [0.1, 0.15) is 5.60 Å². The number of alkyl carbamates (subject to hydrolysis) is 1. The predicted molar refractivity (Wildman–Crippen MR) is 64.3 cm³/mol. The molecule has 1 fully saturated rings. The van der Waals surface area contributed by atoms with Gasteiger partial charge in [0.05, 0.1) is 6.04 Å². The highest BCUT2D eigenvalue weighted by Crippen LogP contribution is 2.16. The molecule has 1 rings (SSSR count). The van der Waals surface area contributed by atoms with E-state index >= 15 is 0 Å². The Morgan fingerprint density at radius 1 is 1.44 bits per heavy atom. The van der Waals surface area contributed by atoms with Gasteiger partial charge in [-0.3, -0.25) is 0 Å². The van der Waals surface area contributed by atoms with Gasteiger partial charge in [-0.2, -0.15) is 0 Å². The van der Waals surface area contributed by atoms with Crippen LogP contribution in [0.15, 0.2) is 0 Å². The van der Waals surface area contributed by atoms with Gasteiger partial charge in [0.2, 0.25) is 0 Å². The highest BCUT2D eigenvalue weighted by Gasteiger charge is 2.37. The summed E-state index contributed by atoms with van der Waals surface area (Å²) in [5.74, 6) is -0.580. The fourth-order valence-electron chi connectivity index (χ4n) is 1.56. The molecule has 7 heteroatoms. The zero-order valence-corrected chi connectivity index (χ0v) is 11.5. The van der Waals surface area contributed by atoms with Crippen molar-refractivity contribution in [1.82, 2.24) is 5.32 Å². The summed E-state index contributed by atoms with van der Waals surface area (Å²) in [7, 11) is 0. The van der Waals surface area contributed by atoms with Gasteiger partial charge >= 0.3 is 12.1 Å². The first-order valence-electron chi connectivity index (χ1n) is 5.67. The van der Waals surface area contributed by atoms with Crippen LogP contribution in [0.3, 0.4) is 0 Å². The van der Waals surface area contributed by atoms with E-state index in [1.807, 2.05) is 0 Å². The Balaban J connectivity index is 2.50.